The minimum Gasteiger partial charge on any atom is -0.334 e. The number of halogens is 1. The molecule has 0 aliphatic heterocycles. The van der Waals surface area contributed by atoms with Crippen LogP contribution in [-0.2, 0) is 6.54 Å². The molecule has 0 spiro atoms. The van der Waals surface area contributed by atoms with E-state index in [1.165, 1.54) is 6.07 Å². The van der Waals surface area contributed by atoms with Crippen LogP contribution in [0.5, 0.6) is 0 Å². The predicted octanol–water partition coefficient (Wildman–Crippen LogP) is 4.81. The summed E-state index contributed by atoms with van der Waals surface area (Å²) < 4.78 is 13.5. The van der Waals surface area contributed by atoms with E-state index in [9.17, 15) is 9.18 Å². The van der Waals surface area contributed by atoms with Crippen LogP contribution in [-0.4, -0.2) is 6.03 Å². The van der Waals surface area contributed by atoms with Crippen LogP contribution in [0.2, 0.25) is 0 Å². The Kier molecular flexibility index (Phi) is 4.87. The van der Waals surface area contributed by atoms with Crippen molar-refractivity contribution in [2.75, 3.05) is 5.32 Å². The zero-order valence-electron chi connectivity index (χ0n) is 13.0. The first-order chi connectivity index (χ1) is 11.7. The Morgan fingerprint density at radius 3 is 2.12 bits per heavy atom. The summed E-state index contributed by atoms with van der Waals surface area (Å²) in [5.74, 6) is -0.329. The van der Waals surface area contributed by atoms with Crippen LogP contribution in [0.1, 0.15) is 5.56 Å². The number of hydrogen-bond acceptors (Lipinski definition) is 1. The van der Waals surface area contributed by atoms with Gasteiger partial charge in [0.1, 0.15) is 5.82 Å². The second-order valence-electron chi connectivity index (χ2n) is 5.34. The lowest BCUT2D eigenvalue weighted by Gasteiger charge is -2.09. The summed E-state index contributed by atoms with van der Waals surface area (Å²) in [6.07, 6.45) is 0. The number of benzene rings is 3. The molecule has 0 saturated heterocycles. The molecular formula is C20H17FN2O. The summed E-state index contributed by atoms with van der Waals surface area (Å²) in [5.41, 5.74) is 3.33. The molecule has 24 heavy (non-hydrogen) atoms. The van der Waals surface area contributed by atoms with Crippen LogP contribution < -0.4 is 10.6 Å². The molecule has 0 aromatic heterocycles. The number of carbonyl (C=O) groups is 1. The molecule has 0 heterocycles. The normalized spacial score (nSPS) is 10.2. The minimum absolute atomic E-state index is 0.139. The molecule has 120 valence electrons. The van der Waals surface area contributed by atoms with E-state index in [0.29, 0.717) is 11.3 Å². The Hall–Kier alpha value is -3.14. The molecule has 0 bridgehead atoms. The lowest BCUT2D eigenvalue weighted by molar-refractivity contribution is 0.251. The fourth-order valence-corrected chi connectivity index (χ4v) is 2.37. The lowest BCUT2D eigenvalue weighted by atomic mass is 10.1. The van der Waals surface area contributed by atoms with Crippen molar-refractivity contribution in [3.8, 4) is 11.1 Å². The number of nitrogens with one attached hydrogen (secondary N) is 2. The average molecular weight is 320 g/mol. The summed E-state index contributed by atoms with van der Waals surface area (Å²) in [7, 11) is 0. The second kappa shape index (κ2) is 7.42. The highest BCUT2D eigenvalue weighted by atomic mass is 19.1. The Morgan fingerprint density at radius 1 is 0.792 bits per heavy atom. The second-order valence-corrected chi connectivity index (χ2v) is 5.34. The molecule has 4 heteroatoms. The molecule has 0 aliphatic carbocycles. The van der Waals surface area contributed by atoms with Crippen molar-refractivity contribution >= 4 is 11.7 Å². The van der Waals surface area contributed by atoms with E-state index in [1.54, 1.807) is 18.2 Å². The fourth-order valence-electron chi connectivity index (χ4n) is 2.37. The van der Waals surface area contributed by atoms with E-state index in [-0.39, 0.29) is 18.4 Å². The number of urea groups is 1. The molecule has 2 amide bonds. The van der Waals surface area contributed by atoms with E-state index >= 15 is 0 Å². The van der Waals surface area contributed by atoms with Crippen LogP contribution >= 0.6 is 0 Å². The van der Waals surface area contributed by atoms with Crippen LogP contribution in [0.15, 0.2) is 78.9 Å². The van der Waals surface area contributed by atoms with Gasteiger partial charge in [0.05, 0.1) is 0 Å². The molecule has 3 nitrogen and oxygen atoms in total. The number of anilines is 1. The molecule has 0 unspecified atom stereocenters. The van der Waals surface area contributed by atoms with Crippen LogP contribution in [0.25, 0.3) is 11.1 Å². The Labute approximate surface area is 140 Å². The molecular weight excluding hydrogens is 303 g/mol. The zero-order valence-corrected chi connectivity index (χ0v) is 13.0. The number of hydrogen-bond donors (Lipinski definition) is 2. The van der Waals surface area contributed by atoms with Gasteiger partial charge in [0.15, 0.2) is 0 Å². The maximum absolute atomic E-state index is 13.5. The van der Waals surface area contributed by atoms with Gasteiger partial charge in [-0.25, -0.2) is 9.18 Å². The Bertz CT molecular complexity index is 817. The Morgan fingerprint density at radius 2 is 1.42 bits per heavy atom. The molecule has 0 radical (unpaired) electrons. The molecule has 3 aromatic carbocycles. The smallest absolute Gasteiger partial charge is 0.319 e. The van der Waals surface area contributed by atoms with Gasteiger partial charge in [-0.3, -0.25) is 0 Å². The maximum Gasteiger partial charge on any atom is 0.319 e. The van der Waals surface area contributed by atoms with Gasteiger partial charge in [-0.1, -0.05) is 60.7 Å². The van der Waals surface area contributed by atoms with Gasteiger partial charge >= 0.3 is 6.03 Å². The zero-order chi connectivity index (χ0) is 16.8. The van der Waals surface area contributed by atoms with Gasteiger partial charge in [-0.15, -0.1) is 0 Å². The van der Waals surface area contributed by atoms with Crippen molar-refractivity contribution in [2.45, 2.75) is 6.54 Å². The van der Waals surface area contributed by atoms with Gasteiger partial charge in [-0.05, 0) is 29.3 Å². The first-order valence-electron chi connectivity index (χ1n) is 7.66. The summed E-state index contributed by atoms with van der Waals surface area (Å²) in [6.45, 7) is 0.139. The number of rotatable bonds is 4. The van der Waals surface area contributed by atoms with Gasteiger partial charge < -0.3 is 10.6 Å². The molecule has 0 saturated carbocycles. The van der Waals surface area contributed by atoms with Gasteiger partial charge in [-0.2, -0.15) is 0 Å². The van der Waals surface area contributed by atoms with E-state index in [0.717, 1.165) is 11.1 Å². The summed E-state index contributed by atoms with van der Waals surface area (Å²) in [4.78, 5) is 11.9. The average Bonchev–Trinajstić information content (AvgIpc) is 2.62. The SMILES string of the molecule is O=C(NCc1ccccc1F)Nc1ccc(-c2ccccc2)cc1. The van der Waals surface area contributed by atoms with Crippen molar-refractivity contribution in [3.05, 3.63) is 90.2 Å². The monoisotopic (exact) mass is 320 g/mol. The lowest BCUT2D eigenvalue weighted by Crippen LogP contribution is -2.28. The first-order valence-corrected chi connectivity index (χ1v) is 7.66. The largest absolute Gasteiger partial charge is 0.334 e. The van der Waals surface area contributed by atoms with Crippen molar-refractivity contribution < 1.29 is 9.18 Å². The third-order valence-corrected chi connectivity index (χ3v) is 3.65. The molecule has 3 aromatic rings. The number of amides is 2. The third kappa shape index (κ3) is 3.98. The standard InChI is InChI=1S/C20H17FN2O/c21-19-9-5-4-8-17(19)14-22-20(24)23-18-12-10-16(11-13-18)15-6-2-1-3-7-15/h1-13H,14H2,(H2,22,23,24). The van der Waals surface area contributed by atoms with Gasteiger partial charge in [0.25, 0.3) is 0 Å². The summed E-state index contributed by atoms with van der Waals surface area (Å²) in [5, 5.41) is 5.38. The quantitative estimate of drug-likeness (QED) is 0.711. The van der Waals surface area contributed by atoms with Gasteiger partial charge in [0, 0.05) is 17.8 Å². The highest BCUT2D eigenvalue weighted by molar-refractivity contribution is 5.89. The maximum atomic E-state index is 13.5. The van der Waals surface area contributed by atoms with E-state index in [2.05, 4.69) is 10.6 Å². The predicted molar refractivity (Wildman–Crippen MR) is 94.1 cm³/mol. The van der Waals surface area contributed by atoms with E-state index in [4.69, 9.17) is 0 Å². The highest BCUT2D eigenvalue weighted by Gasteiger charge is 2.05. The minimum atomic E-state index is -0.370. The molecule has 2 N–H and O–H groups in total. The Balaban J connectivity index is 1.58. The van der Waals surface area contributed by atoms with Crippen molar-refractivity contribution in [2.24, 2.45) is 0 Å². The number of carbonyl (C=O) groups excluding carboxylic acids is 1. The first kappa shape index (κ1) is 15.7. The molecule has 0 fully saturated rings. The van der Waals surface area contributed by atoms with Crippen LogP contribution in [0, 0.1) is 5.82 Å². The van der Waals surface area contributed by atoms with Gasteiger partial charge in [0.2, 0.25) is 0 Å². The topological polar surface area (TPSA) is 41.1 Å². The van der Waals surface area contributed by atoms with Crippen LogP contribution in [0.4, 0.5) is 14.9 Å². The molecule has 3 rings (SSSR count). The van der Waals surface area contributed by atoms with E-state index in [1.807, 2.05) is 54.6 Å². The van der Waals surface area contributed by atoms with Crippen molar-refractivity contribution in [1.29, 1.82) is 0 Å². The summed E-state index contributed by atoms with van der Waals surface area (Å²) in [6, 6.07) is 23.6. The molecule has 0 atom stereocenters. The summed E-state index contributed by atoms with van der Waals surface area (Å²) >= 11 is 0. The van der Waals surface area contributed by atoms with Crippen LogP contribution in [0.3, 0.4) is 0 Å². The van der Waals surface area contributed by atoms with Crippen molar-refractivity contribution in [1.82, 2.24) is 5.32 Å². The van der Waals surface area contributed by atoms with E-state index < -0.39 is 0 Å². The van der Waals surface area contributed by atoms with Crippen molar-refractivity contribution in [3.63, 3.8) is 0 Å². The molecule has 0 aliphatic rings. The third-order valence-electron chi connectivity index (χ3n) is 3.65. The fraction of sp³-hybridized carbons (Fsp3) is 0.0500. The highest BCUT2D eigenvalue weighted by Crippen LogP contribution is 2.20.